The first kappa shape index (κ1) is 14.7. The Kier molecular flexibility index (Phi) is 5.12. The third kappa shape index (κ3) is 3.87. The second kappa shape index (κ2) is 6.62. The van der Waals surface area contributed by atoms with Crippen molar-refractivity contribution in [2.75, 3.05) is 27.2 Å². The van der Waals surface area contributed by atoms with Gasteiger partial charge in [0, 0.05) is 17.0 Å². The Bertz CT molecular complexity index is 535. The molecule has 0 aliphatic carbocycles. The minimum absolute atomic E-state index is 0.491. The van der Waals surface area contributed by atoms with Crippen LogP contribution in [-0.4, -0.2) is 47.1 Å². The zero-order chi connectivity index (χ0) is 13.8. The van der Waals surface area contributed by atoms with Crippen LogP contribution >= 0.6 is 22.6 Å². The lowest BCUT2D eigenvalue weighted by Crippen LogP contribution is -2.28. The van der Waals surface area contributed by atoms with Gasteiger partial charge < -0.3 is 4.90 Å². The molecule has 0 aliphatic rings. The Morgan fingerprint density at radius 3 is 2.89 bits per heavy atom. The van der Waals surface area contributed by atoms with Gasteiger partial charge in [0.05, 0.1) is 12.2 Å². The smallest absolute Gasteiger partial charge is 0.113 e. The molecule has 0 amide bonds. The molecular formula is C13H20IN5. The molecule has 1 unspecified atom stereocenters. The van der Waals surface area contributed by atoms with Crippen molar-refractivity contribution in [2.24, 2.45) is 0 Å². The molecule has 1 aromatic carbocycles. The van der Waals surface area contributed by atoms with Crippen LogP contribution in [0, 0.1) is 0 Å². The highest BCUT2D eigenvalue weighted by molar-refractivity contribution is 14.1. The van der Waals surface area contributed by atoms with Crippen molar-refractivity contribution in [2.45, 2.75) is 17.5 Å². The van der Waals surface area contributed by atoms with Crippen LogP contribution in [0.5, 0.6) is 0 Å². The molecule has 2 aromatic rings. The van der Waals surface area contributed by atoms with Gasteiger partial charge in [0.25, 0.3) is 0 Å². The topological polar surface area (TPSA) is 46.0 Å². The van der Waals surface area contributed by atoms with E-state index in [2.05, 4.69) is 82.3 Å². The van der Waals surface area contributed by atoms with E-state index in [1.54, 1.807) is 0 Å². The first-order chi connectivity index (χ1) is 9.08. The normalized spacial score (nSPS) is 13.3. The Morgan fingerprint density at radius 1 is 1.42 bits per heavy atom. The lowest BCUT2D eigenvalue weighted by molar-refractivity contribution is 0.385. The SMILES string of the molecule is CC(I)c1ccc2c(c1)nnn2CNCCN(C)C. The maximum absolute atomic E-state index is 4.23. The number of fused-ring (bicyclic) bond motifs is 1. The molecule has 0 saturated carbocycles. The van der Waals surface area contributed by atoms with Crippen molar-refractivity contribution in [3.8, 4) is 0 Å². The van der Waals surface area contributed by atoms with Crippen molar-refractivity contribution >= 4 is 33.6 Å². The summed E-state index contributed by atoms with van der Waals surface area (Å²) >= 11 is 2.41. The summed E-state index contributed by atoms with van der Waals surface area (Å²) in [6.45, 7) is 4.83. The van der Waals surface area contributed by atoms with Crippen LogP contribution in [-0.2, 0) is 6.67 Å². The van der Waals surface area contributed by atoms with E-state index in [1.165, 1.54) is 5.56 Å². The van der Waals surface area contributed by atoms with E-state index in [0.717, 1.165) is 24.1 Å². The highest BCUT2D eigenvalue weighted by Crippen LogP contribution is 2.24. The van der Waals surface area contributed by atoms with Crippen LogP contribution in [0.1, 0.15) is 16.4 Å². The summed E-state index contributed by atoms with van der Waals surface area (Å²) in [7, 11) is 4.14. The van der Waals surface area contributed by atoms with Gasteiger partial charge in [-0.1, -0.05) is 33.9 Å². The van der Waals surface area contributed by atoms with Gasteiger partial charge >= 0.3 is 0 Å². The quantitative estimate of drug-likeness (QED) is 0.478. The second-order valence-electron chi connectivity index (χ2n) is 4.91. The van der Waals surface area contributed by atoms with E-state index >= 15 is 0 Å². The van der Waals surface area contributed by atoms with Crippen LogP contribution in [0.15, 0.2) is 18.2 Å². The fourth-order valence-corrected chi connectivity index (χ4v) is 2.23. The molecule has 1 N–H and O–H groups in total. The summed E-state index contributed by atoms with van der Waals surface area (Å²) in [5.41, 5.74) is 3.34. The van der Waals surface area contributed by atoms with E-state index in [1.807, 2.05) is 4.68 Å². The first-order valence-corrected chi connectivity index (χ1v) is 7.65. The van der Waals surface area contributed by atoms with Crippen LogP contribution in [0.25, 0.3) is 11.0 Å². The summed E-state index contributed by atoms with van der Waals surface area (Å²) in [6.07, 6.45) is 0. The zero-order valence-electron chi connectivity index (χ0n) is 11.6. The molecule has 6 heteroatoms. The van der Waals surface area contributed by atoms with Gasteiger partial charge in [-0.2, -0.15) is 0 Å². The van der Waals surface area contributed by atoms with Crippen molar-refractivity contribution in [1.82, 2.24) is 25.2 Å². The molecule has 5 nitrogen and oxygen atoms in total. The van der Waals surface area contributed by atoms with Gasteiger partial charge in [-0.3, -0.25) is 5.32 Å². The predicted octanol–water partition coefficient (Wildman–Crippen LogP) is 2.04. The average Bonchev–Trinajstić information content (AvgIpc) is 2.76. The Balaban J connectivity index is 2.04. The van der Waals surface area contributed by atoms with Crippen molar-refractivity contribution in [3.63, 3.8) is 0 Å². The predicted molar refractivity (Wildman–Crippen MR) is 86.5 cm³/mol. The number of rotatable bonds is 6. The summed E-state index contributed by atoms with van der Waals surface area (Å²) < 4.78 is 2.40. The van der Waals surface area contributed by atoms with Gasteiger partial charge in [-0.25, -0.2) is 4.68 Å². The van der Waals surface area contributed by atoms with E-state index in [-0.39, 0.29) is 0 Å². The highest BCUT2D eigenvalue weighted by Gasteiger charge is 2.07. The molecule has 0 saturated heterocycles. The number of nitrogens with zero attached hydrogens (tertiary/aromatic N) is 4. The van der Waals surface area contributed by atoms with Crippen LogP contribution < -0.4 is 5.32 Å². The number of hydrogen-bond acceptors (Lipinski definition) is 4. The molecule has 1 aromatic heterocycles. The molecule has 104 valence electrons. The third-order valence-electron chi connectivity index (χ3n) is 2.99. The average molecular weight is 373 g/mol. The first-order valence-electron chi connectivity index (χ1n) is 6.40. The fraction of sp³-hybridized carbons (Fsp3) is 0.538. The molecule has 1 heterocycles. The van der Waals surface area contributed by atoms with E-state index in [4.69, 9.17) is 0 Å². The summed E-state index contributed by atoms with van der Waals surface area (Å²) in [6, 6.07) is 6.38. The number of aromatic nitrogens is 3. The molecule has 0 radical (unpaired) electrons. The van der Waals surface area contributed by atoms with Crippen molar-refractivity contribution < 1.29 is 0 Å². The highest BCUT2D eigenvalue weighted by atomic mass is 127. The van der Waals surface area contributed by atoms with Crippen molar-refractivity contribution in [3.05, 3.63) is 23.8 Å². The number of nitrogens with one attached hydrogen (secondary N) is 1. The van der Waals surface area contributed by atoms with Gasteiger partial charge in [0.2, 0.25) is 0 Å². The number of benzene rings is 1. The summed E-state index contributed by atoms with van der Waals surface area (Å²) in [5, 5.41) is 11.8. The molecule has 2 rings (SSSR count). The largest absolute Gasteiger partial charge is 0.308 e. The maximum Gasteiger partial charge on any atom is 0.113 e. The molecule has 19 heavy (non-hydrogen) atoms. The molecule has 0 fully saturated rings. The lowest BCUT2D eigenvalue weighted by atomic mass is 10.1. The Labute approximate surface area is 127 Å². The number of halogens is 1. The van der Waals surface area contributed by atoms with Crippen LogP contribution in [0.2, 0.25) is 0 Å². The number of alkyl halides is 1. The van der Waals surface area contributed by atoms with Crippen LogP contribution in [0.4, 0.5) is 0 Å². The van der Waals surface area contributed by atoms with E-state index < -0.39 is 0 Å². The molecule has 0 bridgehead atoms. The Hall–Kier alpha value is -0.730. The Morgan fingerprint density at radius 2 is 2.21 bits per heavy atom. The summed E-state index contributed by atoms with van der Waals surface area (Å²) in [5.74, 6) is 0. The number of hydrogen-bond donors (Lipinski definition) is 1. The molecule has 0 spiro atoms. The lowest BCUT2D eigenvalue weighted by Gasteiger charge is -2.10. The van der Waals surface area contributed by atoms with Crippen molar-refractivity contribution in [1.29, 1.82) is 0 Å². The minimum atomic E-state index is 0.491. The third-order valence-corrected chi connectivity index (χ3v) is 3.71. The summed E-state index contributed by atoms with van der Waals surface area (Å²) in [4.78, 5) is 2.15. The minimum Gasteiger partial charge on any atom is -0.308 e. The zero-order valence-corrected chi connectivity index (χ0v) is 13.8. The molecular weight excluding hydrogens is 353 g/mol. The fourth-order valence-electron chi connectivity index (χ4n) is 1.84. The monoisotopic (exact) mass is 373 g/mol. The van der Waals surface area contributed by atoms with Gasteiger partial charge in [-0.15, -0.1) is 5.10 Å². The van der Waals surface area contributed by atoms with E-state index in [9.17, 15) is 0 Å². The second-order valence-corrected chi connectivity index (χ2v) is 6.78. The maximum atomic E-state index is 4.23. The molecule has 0 aliphatic heterocycles. The van der Waals surface area contributed by atoms with Gasteiger partial charge in [0.15, 0.2) is 0 Å². The number of likely N-dealkylation sites (N-methyl/N-ethyl adjacent to an activating group) is 1. The van der Waals surface area contributed by atoms with Crippen LogP contribution in [0.3, 0.4) is 0 Å². The molecule has 1 atom stereocenters. The van der Waals surface area contributed by atoms with Gasteiger partial charge in [-0.05, 0) is 38.7 Å². The van der Waals surface area contributed by atoms with E-state index in [0.29, 0.717) is 10.6 Å². The van der Waals surface area contributed by atoms with Gasteiger partial charge in [0.1, 0.15) is 5.52 Å². The standard InChI is InChI=1S/C13H20IN5/c1-10(14)11-4-5-13-12(8-11)16-17-19(13)9-15-6-7-18(2)3/h4-5,8,10,15H,6-7,9H2,1-3H3.